The molecule has 0 spiro atoms. The topological polar surface area (TPSA) is 98.7 Å². The first-order valence-electron chi connectivity index (χ1n) is 8.22. The lowest BCUT2D eigenvalue weighted by molar-refractivity contribution is -0.143. The first-order valence-corrected chi connectivity index (χ1v) is 9.02. The number of hydrazone groups is 1. The largest absolute Gasteiger partial charge is 0.493 e. The van der Waals surface area contributed by atoms with Gasteiger partial charge in [0.2, 0.25) is 0 Å². The highest BCUT2D eigenvalue weighted by Crippen LogP contribution is 2.36. The second-order valence-electron chi connectivity index (χ2n) is 5.58. The van der Waals surface area contributed by atoms with Crippen molar-refractivity contribution in [2.45, 2.75) is 0 Å². The van der Waals surface area contributed by atoms with Crippen molar-refractivity contribution >= 4 is 34.0 Å². The average Bonchev–Trinajstić information content (AvgIpc) is 2.67. The minimum atomic E-state index is -0.502. The first kappa shape index (κ1) is 21.1. The molecule has 0 unspecified atom stereocenters. The van der Waals surface area contributed by atoms with E-state index in [-0.39, 0.29) is 19.1 Å². The van der Waals surface area contributed by atoms with Crippen LogP contribution in [0.3, 0.4) is 0 Å². The van der Waals surface area contributed by atoms with Crippen molar-refractivity contribution in [2.24, 2.45) is 5.10 Å². The van der Waals surface area contributed by atoms with Crippen molar-refractivity contribution in [2.75, 3.05) is 53.7 Å². The van der Waals surface area contributed by atoms with Gasteiger partial charge >= 0.3 is 5.97 Å². The fourth-order valence-corrected chi connectivity index (χ4v) is 2.90. The molecule has 1 aromatic carbocycles. The van der Waals surface area contributed by atoms with Crippen molar-refractivity contribution in [3.05, 3.63) is 22.2 Å². The van der Waals surface area contributed by atoms with Crippen LogP contribution >= 0.6 is 15.9 Å². The Morgan fingerprint density at radius 3 is 2.74 bits per heavy atom. The standard InChI is InChI=1S/C17H22BrN3O6/c1-24-14-8-12(7-13(18)17(14)27-11-16(23)25-2)9-19-20-15(22)10-21-3-5-26-6-4-21/h7-9H,3-6,10-11H2,1-2H3,(H,20,22)/b19-9+. The van der Waals surface area contributed by atoms with Crippen LogP contribution in [0.15, 0.2) is 21.7 Å². The van der Waals surface area contributed by atoms with Crippen LogP contribution in [0.2, 0.25) is 0 Å². The van der Waals surface area contributed by atoms with Crippen LogP contribution < -0.4 is 14.9 Å². The minimum Gasteiger partial charge on any atom is -0.493 e. The zero-order chi connectivity index (χ0) is 19.6. The number of nitrogens with one attached hydrogen (secondary N) is 1. The molecule has 9 nitrogen and oxygen atoms in total. The number of methoxy groups -OCH3 is 2. The zero-order valence-electron chi connectivity index (χ0n) is 15.2. The third kappa shape index (κ3) is 6.81. The van der Waals surface area contributed by atoms with E-state index in [1.54, 1.807) is 12.1 Å². The molecule has 0 aromatic heterocycles. The van der Waals surface area contributed by atoms with Gasteiger partial charge in [-0.2, -0.15) is 5.10 Å². The number of nitrogens with zero attached hydrogens (tertiary/aromatic N) is 2. The number of carbonyl (C=O) groups is 2. The number of hydrogen-bond acceptors (Lipinski definition) is 8. The van der Waals surface area contributed by atoms with Crippen molar-refractivity contribution in [1.29, 1.82) is 0 Å². The van der Waals surface area contributed by atoms with E-state index in [2.05, 4.69) is 31.2 Å². The Bertz CT molecular complexity index is 691. The molecule has 0 bridgehead atoms. The molecule has 1 saturated heterocycles. The summed E-state index contributed by atoms with van der Waals surface area (Å²) in [5.41, 5.74) is 3.17. The van der Waals surface area contributed by atoms with Crippen molar-refractivity contribution in [3.63, 3.8) is 0 Å². The second kappa shape index (κ2) is 10.9. The van der Waals surface area contributed by atoms with Gasteiger partial charge in [-0.15, -0.1) is 0 Å². The van der Waals surface area contributed by atoms with Crippen LogP contribution in [0.4, 0.5) is 0 Å². The van der Waals surface area contributed by atoms with Gasteiger partial charge in [-0.05, 0) is 33.6 Å². The summed E-state index contributed by atoms with van der Waals surface area (Å²) in [6, 6.07) is 3.40. The summed E-state index contributed by atoms with van der Waals surface area (Å²) >= 11 is 3.37. The number of carbonyl (C=O) groups excluding carboxylic acids is 2. The quantitative estimate of drug-likeness (QED) is 0.360. The van der Waals surface area contributed by atoms with Gasteiger partial charge in [0.05, 0.1) is 44.7 Å². The third-order valence-corrected chi connectivity index (χ3v) is 4.28. The van der Waals surface area contributed by atoms with Gasteiger partial charge in [0.1, 0.15) is 0 Å². The van der Waals surface area contributed by atoms with Gasteiger partial charge in [0.15, 0.2) is 18.1 Å². The van der Waals surface area contributed by atoms with E-state index >= 15 is 0 Å². The lowest BCUT2D eigenvalue weighted by atomic mass is 10.2. The molecule has 1 aliphatic rings. The number of morpholine rings is 1. The van der Waals surface area contributed by atoms with E-state index < -0.39 is 5.97 Å². The molecule has 0 saturated carbocycles. The fourth-order valence-electron chi connectivity index (χ4n) is 2.32. The first-order chi connectivity index (χ1) is 13.0. The molecule has 0 atom stereocenters. The second-order valence-corrected chi connectivity index (χ2v) is 6.43. The molecule has 10 heteroatoms. The zero-order valence-corrected chi connectivity index (χ0v) is 16.8. The van der Waals surface area contributed by atoms with Gasteiger partial charge in [-0.25, -0.2) is 10.2 Å². The maximum atomic E-state index is 11.9. The molecule has 1 N–H and O–H groups in total. The van der Waals surface area contributed by atoms with Crippen LogP contribution in [-0.2, 0) is 19.1 Å². The van der Waals surface area contributed by atoms with Crippen molar-refractivity contribution in [3.8, 4) is 11.5 Å². The highest BCUT2D eigenvalue weighted by atomic mass is 79.9. The van der Waals surface area contributed by atoms with E-state index in [4.69, 9.17) is 14.2 Å². The fraction of sp³-hybridized carbons (Fsp3) is 0.471. The average molecular weight is 444 g/mol. The van der Waals surface area contributed by atoms with Gasteiger partial charge in [0, 0.05) is 13.1 Å². The van der Waals surface area contributed by atoms with Crippen LogP contribution in [0.1, 0.15) is 5.56 Å². The SMILES string of the molecule is COC(=O)COc1c(Br)cc(/C=N/NC(=O)CN2CCOCC2)cc1OC. The maximum Gasteiger partial charge on any atom is 0.343 e. The number of hydrogen-bond donors (Lipinski definition) is 1. The smallest absolute Gasteiger partial charge is 0.343 e. The highest BCUT2D eigenvalue weighted by molar-refractivity contribution is 9.10. The van der Waals surface area contributed by atoms with Crippen molar-refractivity contribution < 1.29 is 28.5 Å². The monoisotopic (exact) mass is 443 g/mol. The molecule has 1 aromatic rings. The number of ether oxygens (including phenoxy) is 4. The predicted molar refractivity (Wildman–Crippen MR) is 101 cm³/mol. The molecule has 2 rings (SSSR count). The Kier molecular flexibility index (Phi) is 8.49. The molecule has 1 amide bonds. The van der Waals surface area contributed by atoms with E-state index in [0.29, 0.717) is 34.7 Å². The molecule has 1 heterocycles. The molecule has 1 aliphatic heterocycles. The Morgan fingerprint density at radius 1 is 1.33 bits per heavy atom. The number of rotatable bonds is 8. The number of esters is 1. The van der Waals surface area contributed by atoms with E-state index in [1.165, 1.54) is 20.4 Å². The van der Waals surface area contributed by atoms with Gasteiger partial charge < -0.3 is 18.9 Å². The molecule has 148 valence electrons. The summed E-state index contributed by atoms with van der Waals surface area (Å²) in [4.78, 5) is 25.2. The maximum absolute atomic E-state index is 11.9. The Hall–Kier alpha value is -2.17. The molecule has 0 aliphatic carbocycles. The van der Waals surface area contributed by atoms with Gasteiger partial charge in [0.25, 0.3) is 5.91 Å². The molecule has 0 radical (unpaired) electrons. The Labute approximate surface area is 165 Å². The summed E-state index contributed by atoms with van der Waals surface area (Å²) in [6.45, 7) is 2.76. The van der Waals surface area contributed by atoms with Gasteiger partial charge in [-0.3, -0.25) is 9.69 Å². The molecular formula is C17H22BrN3O6. The summed E-state index contributed by atoms with van der Waals surface area (Å²) in [7, 11) is 2.77. The number of amides is 1. The molecular weight excluding hydrogens is 422 g/mol. The van der Waals surface area contributed by atoms with E-state index in [0.717, 1.165) is 13.1 Å². The van der Waals surface area contributed by atoms with Crippen LogP contribution in [0, 0.1) is 0 Å². The lowest BCUT2D eigenvalue weighted by Crippen LogP contribution is -2.42. The summed E-state index contributed by atoms with van der Waals surface area (Å²) in [5.74, 6) is 0.0839. The normalized spacial score (nSPS) is 14.8. The predicted octanol–water partition coefficient (Wildman–Crippen LogP) is 0.792. The van der Waals surface area contributed by atoms with E-state index in [9.17, 15) is 9.59 Å². The minimum absolute atomic E-state index is 0.197. The van der Waals surface area contributed by atoms with Crippen LogP contribution in [0.5, 0.6) is 11.5 Å². The summed E-state index contributed by atoms with van der Waals surface area (Å²) in [6.07, 6.45) is 1.49. The van der Waals surface area contributed by atoms with Gasteiger partial charge in [-0.1, -0.05) is 0 Å². The Balaban J connectivity index is 1.95. The summed E-state index contributed by atoms with van der Waals surface area (Å²) in [5, 5.41) is 3.97. The third-order valence-electron chi connectivity index (χ3n) is 3.69. The van der Waals surface area contributed by atoms with Crippen LogP contribution in [-0.4, -0.2) is 76.7 Å². The van der Waals surface area contributed by atoms with E-state index in [1.807, 2.05) is 4.90 Å². The molecule has 27 heavy (non-hydrogen) atoms. The lowest BCUT2D eigenvalue weighted by Gasteiger charge is -2.25. The number of benzene rings is 1. The molecule has 1 fully saturated rings. The number of halogens is 1. The summed E-state index contributed by atoms with van der Waals surface area (Å²) < 4.78 is 21.1. The van der Waals surface area contributed by atoms with Crippen molar-refractivity contribution in [1.82, 2.24) is 10.3 Å². The highest BCUT2D eigenvalue weighted by Gasteiger charge is 2.15. The Morgan fingerprint density at radius 2 is 2.07 bits per heavy atom. The van der Waals surface area contributed by atoms with Crippen LogP contribution in [0.25, 0.3) is 0 Å².